The number of aromatic nitrogens is 6. The van der Waals surface area contributed by atoms with Crippen LogP contribution >= 0.6 is 0 Å². The van der Waals surface area contributed by atoms with E-state index in [9.17, 15) is 14.4 Å². The molecule has 0 radical (unpaired) electrons. The zero-order valence-electron chi connectivity index (χ0n) is 16.8. The lowest BCUT2D eigenvalue weighted by Gasteiger charge is -2.15. The van der Waals surface area contributed by atoms with E-state index in [1.165, 1.54) is 23.0 Å². The van der Waals surface area contributed by atoms with Crippen molar-refractivity contribution in [2.45, 2.75) is 40.3 Å². The molecule has 1 amide bonds. The van der Waals surface area contributed by atoms with Gasteiger partial charge in [0.25, 0.3) is 11.1 Å². The minimum Gasteiger partial charge on any atom is -0.352 e. The van der Waals surface area contributed by atoms with Crippen molar-refractivity contribution in [2.24, 2.45) is 0 Å². The summed E-state index contributed by atoms with van der Waals surface area (Å²) in [5.41, 5.74) is 1.76. The summed E-state index contributed by atoms with van der Waals surface area (Å²) in [7, 11) is 0. The summed E-state index contributed by atoms with van der Waals surface area (Å²) in [5.74, 6) is 0.0744. The molecule has 0 bridgehead atoms. The molecule has 0 aliphatic carbocycles. The molecule has 1 N–H and O–H groups in total. The van der Waals surface area contributed by atoms with Crippen molar-refractivity contribution in [3.05, 3.63) is 68.4 Å². The van der Waals surface area contributed by atoms with Gasteiger partial charge in [-0.3, -0.25) is 19.0 Å². The quantitative estimate of drug-likeness (QED) is 0.639. The summed E-state index contributed by atoms with van der Waals surface area (Å²) in [5, 5.41) is 11.4. The predicted molar refractivity (Wildman–Crippen MR) is 106 cm³/mol. The van der Waals surface area contributed by atoms with Gasteiger partial charge in [-0.2, -0.15) is 5.10 Å². The van der Waals surface area contributed by atoms with Crippen LogP contribution in [0.25, 0.3) is 5.82 Å². The smallest absolute Gasteiger partial charge is 0.267 e. The average molecular weight is 397 g/mol. The summed E-state index contributed by atoms with van der Waals surface area (Å²) in [4.78, 5) is 40.7. The van der Waals surface area contributed by atoms with E-state index in [0.717, 1.165) is 16.1 Å². The number of carbonyl (C=O) groups excluding carboxylic acids is 1. The van der Waals surface area contributed by atoms with Crippen molar-refractivity contribution in [1.29, 1.82) is 0 Å². The Kier molecular flexibility index (Phi) is 5.71. The minimum atomic E-state index is -0.827. The first-order chi connectivity index (χ1) is 13.8. The highest BCUT2D eigenvalue weighted by molar-refractivity contribution is 5.79. The van der Waals surface area contributed by atoms with Crippen LogP contribution in [0.5, 0.6) is 0 Å². The van der Waals surface area contributed by atoms with Crippen LogP contribution in [0.4, 0.5) is 0 Å². The van der Waals surface area contributed by atoms with Gasteiger partial charge in [-0.1, -0.05) is 0 Å². The van der Waals surface area contributed by atoms with E-state index in [2.05, 4.69) is 20.5 Å². The van der Waals surface area contributed by atoms with E-state index in [1.54, 1.807) is 24.6 Å². The molecule has 0 spiro atoms. The Bertz CT molecular complexity index is 1160. The van der Waals surface area contributed by atoms with E-state index in [-0.39, 0.29) is 24.6 Å². The molecule has 1 unspecified atom stereocenters. The van der Waals surface area contributed by atoms with Crippen LogP contribution in [0.15, 0.2) is 40.2 Å². The molecule has 29 heavy (non-hydrogen) atoms. The summed E-state index contributed by atoms with van der Waals surface area (Å²) in [6.45, 7) is 7.58. The molecule has 3 rings (SSSR count). The molecular weight excluding hydrogens is 374 g/mol. The fraction of sp³-hybridized carbons (Fsp3) is 0.368. The zero-order chi connectivity index (χ0) is 21.1. The monoisotopic (exact) mass is 397 g/mol. The lowest BCUT2D eigenvalue weighted by atomic mass is 10.3. The molecule has 0 saturated heterocycles. The lowest BCUT2D eigenvalue weighted by Crippen LogP contribution is -2.39. The average Bonchev–Trinajstić information content (AvgIpc) is 3.01. The van der Waals surface area contributed by atoms with Crippen molar-refractivity contribution in [2.75, 3.05) is 6.54 Å². The van der Waals surface area contributed by atoms with Gasteiger partial charge in [0.15, 0.2) is 5.82 Å². The van der Waals surface area contributed by atoms with Crippen LogP contribution in [0.1, 0.15) is 30.0 Å². The number of hydrogen-bond acceptors (Lipinski definition) is 6. The molecule has 0 aliphatic heterocycles. The van der Waals surface area contributed by atoms with Gasteiger partial charge in [-0.15, -0.1) is 5.10 Å². The first kappa shape index (κ1) is 20.2. The number of nitrogens with zero attached hydrogens (tertiary/aromatic N) is 6. The maximum Gasteiger partial charge on any atom is 0.267 e. The number of rotatable bonds is 6. The third kappa shape index (κ3) is 4.48. The zero-order valence-corrected chi connectivity index (χ0v) is 16.8. The number of carbonyl (C=O) groups is 1. The summed E-state index contributed by atoms with van der Waals surface area (Å²) < 4.78 is 4.15. The fourth-order valence-electron chi connectivity index (χ4n) is 2.91. The maximum absolute atomic E-state index is 12.5. The van der Waals surface area contributed by atoms with Gasteiger partial charge in [0.05, 0.1) is 12.0 Å². The van der Waals surface area contributed by atoms with Crippen LogP contribution in [0.3, 0.4) is 0 Å². The Morgan fingerprint density at radius 2 is 1.83 bits per heavy atom. The Balaban J connectivity index is 1.72. The lowest BCUT2D eigenvalue weighted by molar-refractivity contribution is -0.124. The first-order valence-electron chi connectivity index (χ1n) is 9.20. The second-order valence-electron chi connectivity index (χ2n) is 6.84. The second-order valence-corrected chi connectivity index (χ2v) is 6.84. The van der Waals surface area contributed by atoms with Gasteiger partial charge in [0, 0.05) is 36.6 Å². The normalized spacial score (nSPS) is 12.0. The number of aryl methyl sites for hydroxylation is 3. The predicted octanol–water partition coefficient (Wildman–Crippen LogP) is 0.288. The Morgan fingerprint density at radius 3 is 2.48 bits per heavy atom. The Morgan fingerprint density at radius 1 is 1.07 bits per heavy atom. The van der Waals surface area contributed by atoms with Gasteiger partial charge in [-0.25, -0.2) is 14.3 Å². The van der Waals surface area contributed by atoms with Crippen molar-refractivity contribution < 1.29 is 4.79 Å². The largest absolute Gasteiger partial charge is 0.352 e. The van der Waals surface area contributed by atoms with E-state index >= 15 is 0 Å². The first-order valence-corrected chi connectivity index (χ1v) is 9.20. The molecule has 0 saturated carbocycles. The van der Waals surface area contributed by atoms with Gasteiger partial charge < -0.3 is 5.32 Å². The topological polar surface area (TPSA) is 117 Å². The highest BCUT2D eigenvalue weighted by Crippen LogP contribution is 2.09. The molecule has 0 aromatic carbocycles. The third-order valence-electron chi connectivity index (χ3n) is 4.45. The van der Waals surface area contributed by atoms with Crippen LogP contribution < -0.4 is 16.4 Å². The summed E-state index contributed by atoms with van der Waals surface area (Å²) in [6, 6.07) is 5.43. The third-order valence-corrected chi connectivity index (χ3v) is 4.45. The molecule has 3 aromatic rings. The van der Waals surface area contributed by atoms with Crippen LogP contribution in [-0.2, 0) is 11.3 Å². The minimum absolute atomic E-state index is 0.185. The molecule has 10 nitrogen and oxygen atoms in total. The molecule has 0 aliphatic rings. The maximum atomic E-state index is 12.5. The highest BCUT2D eigenvalue weighted by atomic mass is 16.2. The van der Waals surface area contributed by atoms with Crippen molar-refractivity contribution in [1.82, 2.24) is 34.4 Å². The molecule has 10 heteroatoms. The van der Waals surface area contributed by atoms with Gasteiger partial charge in [-0.05, 0) is 39.8 Å². The van der Waals surface area contributed by atoms with Crippen LogP contribution in [0.2, 0.25) is 0 Å². The van der Waals surface area contributed by atoms with Crippen molar-refractivity contribution in [3.8, 4) is 5.82 Å². The van der Waals surface area contributed by atoms with E-state index in [0.29, 0.717) is 11.5 Å². The van der Waals surface area contributed by atoms with Crippen molar-refractivity contribution >= 4 is 5.91 Å². The number of hydrogen-bond donors (Lipinski definition) is 1. The van der Waals surface area contributed by atoms with Gasteiger partial charge >= 0.3 is 0 Å². The number of amides is 1. The molecule has 152 valence electrons. The molecule has 0 fully saturated rings. The Hall–Kier alpha value is -3.56. The summed E-state index contributed by atoms with van der Waals surface area (Å²) in [6.07, 6.45) is 1.44. The van der Waals surface area contributed by atoms with E-state index < -0.39 is 11.6 Å². The van der Waals surface area contributed by atoms with Gasteiger partial charge in [0.2, 0.25) is 5.91 Å². The number of nitrogens with one attached hydrogen (secondary N) is 1. The fourth-order valence-corrected chi connectivity index (χ4v) is 2.91. The van der Waals surface area contributed by atoms with Crippen LogP contribution in [0, 0.1) is 20.8 Å². The van der Waals surface area contributed by atoms with E-state index in [4.69, 9.17) is 0 Å². The van der Waals surface area contributed by atoms with Crippen molar-refractivity contribution in [3.63, 3.8) is 0 Å². The Labute approximate surface area is 166 Å². The second kappa shape index (κ2) is 8.21. The molecule has 1 atom stereocenters. The van der Waals surface area contributed by atoms with Gasteiger partial charge in [0.1, 0.15) is 6.04 Å². The van der Waals surface area contributed by atoms with Crippen LogP contribution in [-0.4, -0.2) is 41.6 Å². The van der Waals surface area contributed by atoms with E-state index in [1.807, 2.05) is 19.9 Å². The SMILES string of the molecule is Cc1cc(=O)n(CCNC(=O)C(C)n2nc(-n3nc(C)cc3C)ccc2=O)cn1. The summed E-state index contributed by atoms with van der Waals surface area (Å²) >= 11 is 0. The molecule has 3 heterocycles. The standard InChI is InChI=1S/C19H23N7O3/c1-12-10-18(28)24(11-21-12)8-7-20-19(29)15(4)26-17(27)6-5-16(23-26)25-14(3)9-13(2)22-25/h5-6,9-11,15H,7-8H2,1-4H3,(H,20,29). The highest BCUT2D eigenvalue weighted by Gasteiger charge is 2.18. The molecule has 3 aromatic heterocycles. The molecular formula is C19H23N7O3.